The van der Waals surface area contributed by atoms with Crippen molar-refractivity contribution in [1.29, 1.82) is 0 Å². The van der Waals surface area contributed by atoms with Gasteiger partial charge in [0, 0.05) is 17.1 Å². The van der Waals surface area contributed by atoms with E-state index in [1.54, 1.807) is 24.4 Å². The van der Waals surface area contributed by atoms with Crippen molar-refractivity contribution in [2.75, 3.05) is 6.54 Å². The van der Waals surface area contributed by atoms with Gasteiger partial charge in [0.25, 0.3) is 0 Å². The van der Waals surface area contributed by atoms with E-state index in [0.717, 1.165) is 36.8 Å². The third-order valence-electron chi connectivity index (χ3n) is 5.26. The summed E-state index contributed by atoms with van der Waals surface area (Å²) in [7, 11) is -3.78. The normalized spacial score (nSPS) is 15.6. The molecule has 1 aliphatic rings. The fourth-order valence-electron chi connectivity index (χ4n) is 3.87. The quantitative estimate of drug-likeness (QED) is 0.633. The molecule has 0 N–H and O–H groups in total. The molecule has 2 heterocycles. The van der Waals surface area contributed by atoms with Gasteiger partial charge in [-0.25, -0.2) is 8.42 Å². The van der Waals surface area contributed by atoms with Crippen molar-refractivity contribution in [1.82, 2.24) is 10.1 Å². The summed E-state index contributed by atoms with van der Waals surface area (Å²) < 4.78 is 35.5. The minimum absolute atomic E-state index is 0.195. The second kappa shape index (κ2) is 7.05. The summed E-state index contributed by atoms with van der Waals surface area (Å²) in [4.78, 5) is 4.56. The van der Waals surface area contributed by atoms with E-state index in [9.17, 15) is 8.42 Å². The molecule has 0 bridgehead atoms. The maximum absolute atomic E-state index is 13.1. The minimum Gasteiger partial charge on any atom is -0.544 e. The Kier molecular flexibility index (Phi) is 4.74. The third kappa shape index (κ3) is 3.49. The summed E-state index contributed by atoms with van der Waals surface area (Å²) in [5.41, 5.74) is 2.86. The summed E-state index contributed by atoms with van der Waals surface area (Å²) >= 11 is 0. The van der Waals surface area contributed by atoms with Crippen LogP contribution in [0.25, 0.3) is 26.8 Å². The molecular weight excluding hydrogens is 362 g/mol. The smallest absolute Gasteiger partial charge is 0.141 e. The zero-order valence-electron chi connectivity index (χ0n) is 15.5. The lowest BCUT2D eigenvalue weighted by atomic mass is 10.0. The van der Waals surface area contributed by atoms with E-state index in [-0.39, 0.29) is 4.90 Å². The van der Waals surface area contributed by atoms with Gasteiger partial charge in [-0.05, 0) is 37.6 Å². The Morgan fingerprint density at radius 3 is 2.70 bits per heavy atom. The molecule has 27 heavy (non-hydrogen) atoms. The molecule has 1 saturated carbocycles. The topological polar surface area (TPSA) is 87.2 Å². The van der Waals surface area contributed by atoms with Crippen molar-refractivity contribution in [2.45, 2.75) is 44.4 Å². The molecule has 0 spiro atoms. The van der Waals surface area contributed by atoms with Crippen molar-refractivity contribution in [3.8, 4) is 11.1 Å². The number of aryl methyl sites for hydroxylation is 2. The molecule has 7 heteroatoms. The van der Waals surface area contributed by atoms with Gasteiger partial charge < -0.3 is 9.25 Å². The fraction of sp³-hybridized carbons (Fsp3) is 0.400. The molecule has 142 valence electrons. The van der Waals surface area contributed by atoms with Gasteiger partial charge in [0.1, 0.15) is 15.8 Å². The maximum Gasteiger partial charge on any atom is 0.141 e. The summed E-state index contributed by atoms with van der Waals surface area (Å²) in [5, 5.41) is 4.57. The minimum atomic E-state index is -3.78. The van der Waals surface area contributed by atoms with E-state index in [0.29, 0.717) is 34.8 Å². The van der Waals surface area contributed by atoms with Crippen molar-refractivity contribution >= 4 is 20.9 Å². The Morgan fingerprint density at radius 2 is 2.00 bits per heavy atom. The molecule has 4 rings (SSSR count). The lowest BCUT2D eigenvalue weighted by Crippen LogP contribution is -2.08. The number of rotatable bonds is 5. The van der Waals surface area contributed by atoms with Gasteiger partial charge in [-0.1, -0.05) is 42.8 Å². The molecular formula is C20H22N3O3S-. The van der Waals surface area contributed by atoms with Crippen molar-refractivity contribution < 1.29 is 12.9 Å². The van der Waals surface area contributed by atoms with Gasteiger partial charge in [0.15, 0.2) is 0 Å². The summed E-state index contributed by atoms with van der Waals surface area (Å²) in [6.07, 6.45) is 6.09. The number of fused-ring (bicyclic) bond motifs is 1. The van der Waals surface area contributed by atoms with Gasteiger partial charge in [-0.2, -0.15) is 0 Å². The molecule has 0 atom stereocenters. The van der Waals surface area contributed by atoms with Crippen molar-refractivity contribution in [2.24, 2.45) is 5.92 Å². The number of pyridine rings is 1. The van der Waals surface area contributed by atoms with Crippen LogP contribution in [0.1, 0.15) is 37.1 Å². The largest absolute Gasteiger partial charge is 0.544 e. The monoisotopic (exact) mass is 384 g/mol. The predicted octanol–water partition coefficient (Wildman–Crippen LogP) is 4.76. The van der Waals surface area contributed by atoms with E-state index in [4.69, 9.17) is 4.52 Å². The number of hydrogen-bond acceptors (Lipinski definition) is 5. The van der Waals surface area contributed by atoms with E-state index in [1.165, 1.54) is 0 Å². The number of aromatic nitrogens is 2. The Morgan fingerprint density at radius 1 is 1.22 bits per heavy atom. The van der Waals surface area contributed by atoms with Crippen LogP contribution in [0, 0.1) is 19.8 Å². The van der Waals surface area contributed by atoms with Crippen LogP contribution in [0.15, 0.2) is 39.9 Å². The maximum atomic E-state index is 13.1. The second-order valence-electron chi connectivity index (χ2n) is 7.18. The van der Waals surface area contributed by atoms with E-state index in [2.05, 4.69) is 14.9 Å². The molecule has 0 aliphatic heterocycles. The molecule has 0 unspecified atom stereocenters. The van der Waals surface area contributed by atoms with Crippen LogP contribution in [-0.2, 0) is 10.0 Å². The third-order valence-corrected chi connectivity index (χ3v) is 6.64. The average molecular weight is 384 g/mol. The molecule has 6 nitrogen and oxygen atoms in total. The van der Waals surface area contributed by atoms with Crippen molar-refractivity contribution in [3.63, 3.8) is 0 Å². The molecule has 1 fully saturated rings. The summed E-state index contributed by atoms with van der Waals surface area (Å²) in [6, 6.07) is 7.06. The number of hydrogen-bond donors (Lipinski definition) is 0. The van der Waals surface area contributed by atoms with Crippen LogP contribution in [0.2, 0.25) is 0 Å². The Hall–Kier alpha value is -2.25. The Labute approximate surface area is 159 Å². The van der Waals surface area contributed by atoms with E-state index in [1.807, 2.05) is 19.9 Å². The predicted molar refractivity (Wildman–Crippen MR) is 104 cm³/mol. The highest BCUT2D eigenvalue weighted by molar-refractivity contribution is 7.94. The zero-order valence-corrected chi connectivity index (χ0v) is 16.3. The highest BCUT2D eigenvalue weighted by Gasteiger charge is 2.19. The molecule has 0 saturated heterocycles. The first-order chi connectivity index (χ1) is 13.0. The molecule has 0 radical (unpaired) electrons. The van der Waals surface area contributed by atoms with Crippen LogP contribution < -0.4 is 0 Å². The second-order valence-corrected chi connectivity index (χ2v) is 8.83. The van der Waals surface area contributed by atoms with Crippen LogP contribution in [0.3, 0.4) is 0 Å². The van der Waals surface area contributed by atoms with Gasteiger partial charge in [0.05, 0.1) is 16.1 Å². The van der Waals surface area contributed by atoms with Crippen LogP contribution in [-0.4, -0.2) is 25.1 Å². The SMILES string of the molecule is Cc1noc(C)c1-c1cc(S(=O)(=O)[N-]CC2CCCC2)c2cccnc2c1. The van der Waals surface area contributed by atoms with Gasteiger partial charge >= 0.3 is 0 Å². The molecule has 2 aromatic heterocycles. The Balaban J connectivity index is 1.81. The van der Waals surface area contributed by atoms with Crippen molar-refractivity contribution in [3.05, 3.63) is 46.6 Å². The first-order valence-electron chi connectivity index (χ1n) is 9.21. The van der Waals surface area contributed by atoms with Gasteiger partial charge in [-0.3, -0.25) is 4.98 Å². The Bertz CT molecular complexity index is 1060. The highest BCUT2D eigenvalue weighted by Crippen LogP contribution is 2.35. The summed E-state index contributed by atoms with van der Waals surface area (Å²) in [5.74, 6) is 1.02. The molecule has 0 amide bonds. The zero-order chi connectivity index (χ0) is 19.0. The van der Waals surface area contributed by atoms with E-state index >= 15 is 0 Å². The summed E-state index contributed by atoms with van der Waals surface area (Å²) in [6.45, 7) is 4.02. The first kappa shape index (κ1) is 18.1. The average Bonchev–Trinajstić information content (AvgIpc) is 3.29. The number of benzene rings is 1. The molecule has 1 aliphatic carbocycles. The fourth-order valence-corrected chi connectivity index (χ4v) is 5.14. The van der Waals surface area contributed by atoms with E-state index < -0.39 is 10.0 Å². The van der Waals surface area contributed by atoms with Crippen LogP contribution in [0.4, 0.5) is 0 Å². The van der Waals surface area contributed by atoms with Gasteiger partial charge in [0.2, 0.25) is 0 Å². The lowest BCUT2D eigenvalue weighted by molar-refractivity contribution is 0.393. The standard InChI is InChI=1S/C20H22N3O3S/c1-13-20(14(2)26-23-13)16-10-18-17(8-5-9-21-18)19(11-16)27(24,25)22-12-15-6-3-4-7-15/h5,8-11,15H,3-4,6-7,12H2,1-2H3/q-1. The van der Waals surface area contributed by atoms with Gasteiger partial charge in [-0.15, -0.1) is 6.54 Å². The number of sulfonamides is 1. The first-order valence-corrected chi connectivity index (χ1v) is 10.7. The number of nitrogens with zero attached hydrogens (tertiary/aromatic N) is 3. The molecule has 3 aromatic rings. The lowest BCUT2D eigenvalue weighted by Gasteiger charge is -2.25. The highest BCUT2D eigenvalue weighted by atomic mass is 32.2. The van der Waals surface area contributed by atoms with Crippen LogP contribution >= 0.6 is 0 Å². The van der Waals surface area contributed by atoms with Crippen LogP contribution in [0.5, 0.6) is 0 Å². The molecule has 1 aromatic carbocycles.